The third-order valence-corrected chi connectivity index (χ3v) is 2.60. The third kappa shape index (κ3) is 3.00. The van der Waals surface area contributed by atoms with Gasteiger partial charge in [0.2, 0.25) is 0 Å². The van der Waals surface area contributed by atoms with Crippen LogP contribution in [0.4, 0.5) is 0 Å². The van der Waals surface area contributed by atoms with Crippen molar-refractivity contribution in [2.75, 3.05) is 14.2 Å². The Bertz CT molecular complexity index is 426. The number of carboxylic acids is 1. The van der Waals surface area contributed by atoms with E-state index in [4.69, 9.17) is 14.6 Å². The molecule has 5 heteroatoms. The van der Waals surface area contributed by atoms with Gasteiger partial charge < -0.3 is 14.6 Å². The molecule has 0 aromatic heterocycles. The number of rotatable bonds is 4. The van der Waals surface area contributed by atoms with Crippen molar-refractivity contribution in [1.29, 1.82) is 0 Å². The summed E-state index contributed by atoms with van der Waals surface area (Å²) in [6, 6.07) is 3.42. The normalized spacial score (nSPS) is 10.4. The molecule has 0 aliphatic heterocycles. The molecule has 1 aromatic carbocycles. The average Bonchev–Trinajstić information content (AvgIpc) is 2.26. The first-order chi connectivity index (χ1) is 7.58. The molecule has 86 valence electrons. The van der Waals surface area contributed by atoms with E-state index in [0.29, 0.717) is 17.1 Å². The molecule has 0 bridgehead atoms. The molecule has 0 aliphatic carbocycles. The number of hydrogen-bond acceptors (Lipinski definition) is 3. The van der Waals surface area contributed by atoms with Gasteiger partial charge in [0.15, 0.2) is 11.5 Å². The lowest BCUT2D eigenvalue weighted by molar-refractivity contribution is -0.131. The van der Waals surface area contributed by atoms with Crippen LogP contribution in [-0.4, -0.2) is 25.3 Å². The Morgan fingerprint density at radius 2 is 1.88 bits per heavy atom. The number of ether oxygens (including phenoxy) is 2. The molecule has 0 heterocycles. The monoisotopic (exact) mass is 286 g/mol. The zero-order valence-corrected chi connectivity index (χ0v) is 10.4. The summed E-state index contributed by atoms with van der Waals surface area (Å²) in [5.41, 5.74) is 0.708. The predicted molar refractivity (Wildman–Crippen MR) is 63.9 cm³/mol. The summed E-state index contributed by atoms with van der Waals surface area (Å²) in [5, 5.41) is 8.53. The van der Waals surface area contributed by atoms with E-state index in [0.717, 1.165) is 10.5 Å². The van der Waals surface area contributed by atoms with Crippen molar-refractivity contribution in [3.63, 3.8) is 0 Å². The van der Waals surface area contributed by atoms with Crippen molar-refractivity contribution in [2.24, 2.45) is 0 Å². The maximum Gasteiger partial charge on any atom is 0.328 e. The average molecular weight is 287 g/mol. The summed E-state index contributed by atoms with van der Waals surface area (Å²) in [4.78, 5) is 10.4. The topological polar surface area (TPSA) is 55.8 Å². The third-order valence-electron chi connectivity index (χ3n) is 1.91. The second-order valence-corrected chi connectivity index (χ2v) is 3.75. The number of aliphatic carboxylic acids is 1. The molecule has 1 aromatic rings. The number of halogens is 1. The smallest absolute Gasteiger partial charge is 0.328 e. The predicted octanol–water partition coefficient (Wildman–Crippen LogP) is 2.56. The van der Waals surface area contributed by atoms with Crippen LogP contribution in [0.15, 0.2) is 22.7 Å². The van der Waals surface area contributed by atoms with E-state index in [1.807, 2.05) is 0 Å². The van der Waals surface area contributed by atoms with Crippen LogP contribution in [-0.2, 0) is 4.79 Å². The van der Waals surface area contributed by atoms with Crippen LogP contribution in [0.5, 0.6) is 11.5 Å². The van der Waals surface area contributed by atoms with Gasteiger partial charge in [-0.1, -0.05) is 15.9 Å². The summed E-state index contributed by atoms with van der Waals surface area (Å²) in [6.45, 7) is 0. The fraction of sp³-hybridized carbons (Fsp3) is 0.182. The molecular weight excluding hydrogens is 276 g/mol. The first-order valence-electron chi connectivity index (χ1n) is 4.41. The summed E-state index contributed by atoms with van der Waals surface area (Å²) in [6.07, 6.45) is 2.54. The van der Waals surface area contributed by atoms with E-state index in [-0.39, 0.29) is 0 Å². The van der Waals surface area contributed by atoms with Crippen LogP contribution in [0.3, 0.4) is 0 Å². The van der Waals surface area contributed by atoms with Crippen LogP contribution < -0.4 is 9.47 Å². The highest BCUT2D eigenvalue weighted by Gasteiger charge is 2.07. The molecule has 0 radical (unpaired) electrons. The molecule has 0 spiro atoms. The molecule has 16 heavy (non-hydrogen) atoms. The molecule has 1 rings (SSSR count). The Morgan fingerprint density at radius 3 is 2.38 bits per heavy atom. The number of benzene rings is 1. The van der Waals surface area contributed by atoms with Crippen LogP contribution in [0.1, 0.15) is 5.56 Å². The minimum Gasteiger partial charge on any atom is -0.493 e. The van der Waals surface area contributed by atoms with Gasteiger partial charge in [-0.2, -0.15) is 0 Å². The van der Waals surface area contributed by atoms with E-state index in [2.05, 4.69) is 15.9 Å². The van der Waals surface area contributed by atoms with Crippen molar-refractivity contribution in [3.05, 3.63) is 28.2 Å². The van der Waals surface area contributed by atoms with Gasteiger partial charge in [0.25, 0.3) is 0 Å². The van der Waals surface area contributed by atoms with Crippen molar-refractivity contribution < 1.29 is 19.4 Å². The Kier molecular flexibility index (Phi) is 4.37. The number of hydrogen-bond donors (Lipinski definition) is 1. The van der Waals surface area contributed by atoms with E-state index < -0.39 is 5.97 Å². The minimum absolute atomic E-state index is 0.552. The second kappa shape index (κ2) is 5.55. The van der Waals surface area contributed by atoms with Crippen molar-refractivity contribution >= 4 is 28.0 Å². The van der Waals surface area contributed by atoms with Crippen molar-refractivity contribution in [2.45, 2.75) is 0 Å². The van der Waals surface area contributed by atoms with Gasteiger partial charge >= 0.3 is 5.97 Å². The maximum atomic E-state index is 10.4. The molecule has 0 unspecified atom stereocenters. The highest BCUT2D eigenvalue weighted by atomic mass is 79.9. The Labute approximate surface area is 102 Å². The lowest BCUT2D eigenvalue weighted by atomic mass is 10.2. The van der Waals surface area contributed by atoms with E-state index in [1.165, 1.54) is 20.3 Å². The van der Waals surface area contributed by atoms with E-state index >= 15 is 0 Å². The fourth-order valence-corrected chi connectivity index (χ4v) is 1.61. The van der Waals surface area contributed by atoms with Crippen LogP contribution in [0, 0.1) is 0 Å². The quantitative estimate of drug-likeness (QED) is 0.865. The fourth-order valence-electron chi connectivity index (χ4n) is 1.16. The minimum atomic E-state index is -0.998. The number of carbonyl (C=O) groups is 1. The van der Waals surface area contributed by atoms with Gasteiger partial charge in [0, 0.05) is 10.5 Å². The molecule has 0 saturated heterocycles. The molecule has 0 saturated carbocycles. The van der Waals surface area contributed by atoms with Gasteiger partial charge in [-0.25, -0.2) is 4.79 Å². The highest BCUT2D eigenvalue weighted by Crippen LogP contribution is 2.33. The van der Waals surface area contributed by atoms with E-state index in [1.54, 1.807) is 12.1 Å². The van der Waals surface area contributed by atoms with Crippen molar-refractivity contribution in [3.8, 4) is 11.5 Å². The summed E-state index contributed by atoms with van der Waals surface area (Å²) >= 11 is 3.32. The SMILES string of the molecule is COc1cc(Br)c(C=CC(=O)O)cc1OC. The van der Waals surface area contributed by atoms with Gasteiger partial charge in [0.1, 0.15) is 0 Å². The number of carboxylic acid groups (broad SMARTS) is 1. The van der Waals surface area contributed by atoms with E-state index in [9.17, 15) is 4.79 Å². The van der Waals surface area contributed by atoms with Crippen LogP contribution in [0.2, 0.25) is 0 Å². The zero-order valence-electron chi connectivity index (χ0n) is 8.86. The molecule has 0 aliphatic rings. The largest absolute Gasteiger partial charge is 0.493 e. The first kappa shape index (κ1) is 12.6. The van der Waals surface area contributed by atoms with Crippen molar-refractivity contribution in [1.82, 2.24) is 0 Å². The Balaban J connectivity index is 3.16. The molecule has 0 atom stereocenters. The first-order valence-corrected chi connectivity index (χ1v) is 5.20. The van der Waals surface area contributed by atoms with Gasteiger partial charge in [-0.3, -0.25) is 0 Å². The number of methoxy groups -OCH3 is 2. The van der Waals surface area contributed by atoms with Gasteiger partial charge in [0.05, 0.1) is 14.2 Å². The summed E-state index contributed by atoms with van der Waals surface area (Å²) in [5.74, 6) is 0.138. The summed E-state index contributed by atoms with van der Waals surface area (Å²) in [7, 11) is 3.06. The zero-order chi connectivity index (χ0) is 12.1. The standard InChI is InChI=1S/C11H11BrO4/c1-15-9-5-7(3-4-11(13)14)8(12)6-10(9)16-2/h3-6H,1-2H3,(H,13,14). The maximum absolute atomic E-state index is 10.4. The molecule has 1 N–H and O–H groups in total. The molecule has 0 amide bonds. The molecule has 4 nitrogen and oxygen atoms in total. The molecular formula is C11H11BrO4. The summed E-state index contributed by atoms with van der Waals surface area (Å²) < 4.78 is 11.0. The van der Waals surface area contributed by atoms with Gasteiger partial charge in [-0.15, -0.1) is 0 Å². The Hall–Kier alpha value is -1.49. The lowest BCUT2D eigenvalue weighted by Gasteiger charge is -2.09. The van der Waals surface area contributed by atoms with Gasteiger partial charge in [-0.05, 0) is 23.8 Å². The van der Waals surface area contributed by atoms with Crippen LogP contribution >= 0.6 is 15.9 Å². The van der Waals surface area contributed by atoms with Crippen LogP contribution in [0.25, 0.3) is 6.08 Å². The Morgan fingerprint density at radius 1 is 1.31 bits per heavy atom. The lowest BCUT2D eigenvalue weighted by Crippen LogP contribution is -1.92. The second-order valence-electron chi connectivity index (χ2n) is 2.90. The molecule has 0 fully saturated rings. The highest BCUT2D eigenvalue weighted by molar-refractivity contribution is 9.10.